The molecule has 0 N–H and O–H groups in total. The first-order valence-corrected chi connectivity index (χ1v) is 6.88. The van der Waals surface area contributed by atoms with E-state index in [2.05, 4.69) is 12.1 Å². The van der Waals surface area contributed by atoms with Crippen molar-refractivity contribution >= 4 is 17.4 Å². The SMILES string of the molecule is Cc1ccc(C(=O)CCCc2ccccc2)c(Cl)c1. The van der Waals surface area contributed by atoms with Crippen LogP contribution in [0.25, 0.3) is 0 Å². The van der Waals surface area contributed by atoms with Crippen LogP contribution in [0.5, 0.6) is 0 Å². The number of benzene rings is 2. The number of aryl methyl sites for hydroxylation is 2. The van der Waals surface area contributed by atoms with E-state index in [0.29, 0.717) is 17.0 Å². The summed E-state index contributed by atoms with van der Waals surface area (Å²) in [6, 6.07) is 15.8. The van der Waals surface area contributed by atoms with E-state index in [4.69, 9.17) is 11.6 Å². The highest BCUT2D eigenvalue weighted by Crippen LogP contribution is 2.20. The maximum Gasteiger partial charge on any atom is 0.164 e. The molecule has 0 spiro atoms. The minimum Gasteiger partial charge on any atom is -0.294 e. The molecule has 0 radical (unpaired) electrons. The topological polar surface area (TPSA) is 17.1 Å². The van der Waals surface area contributed by atoms with E-state index < -0.39 is 0 Å². The van der Waals surface area contributed by atoms with Crippen LogP contribution >= 0.6 is 11.6 Å². The number of carbonyl (C=O) groups excluding carboxylic acids is 1. The summed E-state index contributed by atoms with van der Waals surface area (Å²) in [4.78, 5) is 12.1. The van der Waals surface area contributed by atoms with E-state index in [1.54, 1.807) is 0 Å². The van der Waals surface area contributed by atoms with Crippen molar-refractivity contribution in [3.8, 4) is 0 Å². The molecule has 0 aliphatic rings. The van der Waals surface area contributed by atoms with Gasteiger partial charge in [0.05, 0.1) is 5.02 Å². The molecule has 0 unspecified atom stereocenters. The summed E-state index contributed by atoms with van der Waals surface area (Å²) in [5.41, 5.74) is 2.98. The Morgan fingerprint density at radius 2 is 1.84 bits per heavy atom. The van der Waals surface area contributed by atoms with Gasteiger partial charge in [-0.15, -0.1) is 0 Å². The third-order valence-electron chi connectivity index (χ3n) is 3.14. The van der Waals surface area contributed by atoms with Gasteiger partial charge in [0, 0.05) is 12.0 Å². The quantitative estimate of drug-likeness (QED) is 0.711. The van der Waals surface area contributed by atoms with Crippen LogP contribution in [0.2, 0.25) is 5.02 Å². The zero-order valence-electron chi connectivity index (χ0n) is 11.0. The monoisotopic (exact) mass is 272 g/mol. The van der Waals surface area contributed by atoms with Crippen LogP contribution in [0.3, 0.4) is 0 Å². The van der Waals surface area contributed by atoms with Crippen LogP contribution in [0.15, 0.2) is 48.5 Å². The molecule has 0 aromatic heterocycles. The molecular formula is C17H17ClO. The van der Waals surface area contributed by atoms with E-state index in [1.165, 1.54) is 5.56 Å². The van der Waals surface area contributed by atoms with Crippen molar-refractivity contribution in [2.75, 3.05) is 0 Å². The predicted molar refractivity (Wildman–Crippen MR) is 79.9 cm³/mol. The van der Waals surface area contributed by atoms with Crippen molar-refractivity contribution in [3.05, 3.63) is 70.2 Å². The fourth-order valence-corrected chi connectivity index (χ4v) is 2.42. The summed E-state index contributed by atoms with van der Waals surface area (Å²) in [6.07, 6.45) is 2.32. The zero-order valence-corrected chi connectivity index (χ0v) is 11.8. The first-order chi connectivity index (χ1) is 9.16. The summed E-state index contributed by atoms with van der Waals surface area (Å²) in [7, 11) is 0. The molecular weight excluding hydrogens is 256 g/mol. The Bertz CT molecular complexity index is 561. The Morgan fingerprint density at radius 1 is 1.11 bits per heavy atom. The molecule has 2 heteroatoms. The van der Waals surface area contributed by atoms with Crippen molar-refractivity contribution in [3.63, 3.8) is 0 Å². The molecule has 0 aliphatic carbocycles. The molecule has 0 saturated heterocycles. The Kier molecular flexibility index (Phi) is 4.75. The van der Waals surface area contributed by atoms with Crippen LogP contribution in [-0.4, -0.2) is 5.78 Å². The van der Waals surface area contributed by atoms with E-state index in [-0.39, 0.29) is 5.78 Å². The predicted octanol–water partition coefficient (Wildman–Crippen LogP) is 4.85. The molecule has 0 heterocycles. The lowest BCUT2D eigenvalue weighted by molar-refractivity contribution is 0.0980. The van der Waals surface area contributed by atoms with E-state index in [0.717, 1.165) is 18.4 Å². The standard InChI is InChI=1S/C17H17ClO/c1-13-10-11-15(16(18)12-13)17(19)9-5-8-14-6-3-2-4-7-14/h2-4,6-7,10-12H,5,8-9H2,1H3. The highest BCUT2D eigenvalue weighted by Gasteiger charge is 2.09. The summed E-state index contributed by atoms with van der Waals surface area (Å²) in [6.45, 7) is 1.97. The van der Waals surface area contributed by atoms with Gasteiger partial charge in [0.2, 0.25) is 0 Å². The van der Waals surface area contributed by atoms with Crippen LogP contribution in [0.4, 0.5) is 0 Å². The molecule has 2 aromatic carbocycles. The highest BCUT2D eigenvalue weighted by molar-refractivity contribution is 6.34. The number of carbonyl (C=O) groups is 1. The van der Waals surface area contributed by atoms with Gasteiger partial charge in [0.25, 0.3) is 0 Å². The Hall–Kier alpha value is -1.60. The van der Waals surface area contributed by atoms with Crippen LogP contribution in [0, 0.1) is 6.92 Å². The number of hydrogen-bond acceptors (Lipinski definition) is 1. The second kappa shape index (κ2) is 6.53. The first kappa shape index (κ1) is 13.8. The van der Waals surface area contributed by atoms with Crippen LogP contribution in [0.1, 0.15) is 34.3 Å². The third-order valence-corrected chi connectivity index (χ3v) is 3.45. The Morgan fingerprint density at radius 3 is 2.53 bits per heavy atom. The lowest BCUT2D eigenvalue weighted by Crippen LogP contribution is -2.01. The summed E-state index contributed by atoms with van der Waals surface area (Å²) in [5.74, 6) is 0.126. The lowest BCUT2D eigenvalue weighted by Gasteiger charge is -2.05. The molecule has 0 saturated carbocycles. The van der Waals surface area contributed by atoms with Gasteiger partial charge >= 0.3 is 0 Å². The Labute approximate surface area is 119 Å². The maximum absolute atomic E-state index is 12.1. The normalized spacial score (nSPS) is 10.4. The summed E-state index contributed by atoms with van der Waals surface area (Å²) < 4.78 is 0. The number of ketones is 1. The second-order valence-electron chi connectivity index (χ2n) is 4.75. The number of Topliss-reactive ketones (excluding diaryl/α,β-unsaturated/α-hetero) is 1. The average Bonchev–Trinajstić information content (AvgIpc) is 2.39. The molecule has 0 amide bonds. The maximum atomic E-state index is 12.1. The van der Waals surface area contributed by atoms with Crippen LogP contribution in [-0.2, 0) is 6.42 Å². The van der Waals surface area contributed by atoms with E-state index in [1.807, 2.05) is 43.3 Å². The Balaban J connectivity index is 1.91. The van der Waals surface area contributed by atoms with Crippen LogP contribution < -0.4 is 0 Å². The van der Waals surface area contributed by atoms with Gasteiger partial charge in [-0.2, -0.15) is 0 Å². The summed E-state index contributed by atoms with van der Waals surface area (Å²) in [5, 5.41) is 0.560. The van der Waals surface area contributed by atoms with Crippen molar-refractivity contribution in [1.82, 2.24) is 0 Å². The van der Waals surface area contributed by atoms with Crippen molar-refractivity contribution in [2.45, 2.75) is 26.2 Å². The molecule has 2 aromatic rings. The van der Waals surface area contributed by atoms with Crippen molar-refractivity contribution in [2.24, 2.45) is 0 Å². The number of rotatable bonds is 5. The number of hydrogen-bond donors (Lipinski definition) is 0. The minimum atomic E-state index is 0.126. The molecule has 98 valence electrons. The second-order valence-corrected chi connectivity index (χ2v) is 5.15. The molecule has 0 aliphatic heterocycles. The lowest BCUT2D eigenvalue weighted by atomic mass is 10.0. The molecule has 0 bridgehead atoms. The van der Waals surface area contributed by atoms with Gasteiger partial charge in [0.1, 0.15) is 0 Å². The first-order valence-electron chi connectivity index (χ1n) is 6.50. The van der Waals surface area contributed by atoms with Gasteiger partial charge in [-0.1, -0.05) is 48.0 Å². The fourth-order valence-electron chi connectivity index (χ4n) is 2.08. The number of halogens is 1. The van der Waals surface area contributed by atoms with Gasteiger partial charge in [-0.05, 0) is 43.0 Å². The largest absolute Gasteiger partial charge is 0.294 e. The van der Waals surface area contributed by atoms with Gasteiger partial charge in [0.15, 0.2) is 5.78 Å². The minimum absolute atomic E-state index is 0.126. The average molecular weight is 273 g/mol. The van der Waals surface area contributed by atoms with Crippen molar-refractivity contribution in [1.29, 1.82) is 0 Å². The van der Waals surface area contributed by atoms with Gasteiger partial charge in [-0.25, -0.2) is 0 Å². The highest BCUT2D eigenvalue weighted by atomic mass is 35.5. The molecule has 0 atom stereocenters. The summed E-state index contributed by atoms with van der Waals surface area (Å²) >= 11 is 6.10. The molecule has 0 fully saturated rings. The van der Waals surface area contributed by atoms with Gasteiger partial charge < -0.3 is 0 Å². The van der Waals surface area contributed by atoms with E-state index in [9.17, 15) is 4.79 Å². The molecule has 19 heavy (non-hydrogen) atoms. The zero-order chi connectivity index (χ0) is 13.7. The third kappa shape index (κ3) is 3.93. The van der Waals surface area contributed by atoms with Gasteiger partial charge in [-0.3, -0.25) is 4.79 Å². The molecule has 1 nitrogen and oxygen atoms in total. The van der Waals surface area contributed by atoms with E-state index >= 15 is 0 Å². The smallest absolute Gasteiger partial charge is 0.164 e. The fraction of sp³-hybridized carbons (Fsp3) is 0.235. The van der Waals surface area contributed by atoms with Crippen molar-refractivity contribution < 1.29 is 4.79 Å². The molecule has 2 rings (SSSR count).